The van der Waals surface area contributed by atoms with Crippen LogP contribution in [-0.2, 0) is 20.9 Å². The number of urea groups is 1. The van der Waals surface area contributed by atoms with Crippen molar-refractivity contribution in [1.82, 2.24) is 14.8 Å². The number of aryl methyl sites for hydroxylation is 1. The van der Waals surface area contributed by atoms with Gasteiger partial charge in [-0.3, -0.25) is 9.69 Å². The van der Waals surface area contributed by atoms with Crippen molar-refractivity contribution in [1.29, 1.82) is 5.26 Å². The van der Waals surface area contributed by atoms with Gasteiger partial charge in [0.15, 0.2) is 6.61 Å². The third-order valence-corrected chi connectivity index (χ3v) is 4.47. The molecule has 1 saturated heterocycles. The van der Waals surface area contributed by atoms with Gasteiger partial charge in [0.25, 0.3) is 5.91 Å². The van der Waals surface area contributed by atoms with Gasteiger partial charge in [-0.2, -0.15) is 5.26 Å². The quantitative estimate of drug-likeness (QED) is 0.447. The number of nitrogens with one attached hydrogen (secondary N) is 1. The summed E-state index contributed by atoms with van der Waals surface area (Å²) < 4.78 is 7.07. The van der Waals surface area contributed by atoms with E-state index in [1.165, 1.54) is 6.08 Å². The molecule has 2 heterocycles. The fourth-order valence-corrected chi connectivity index (χ4v) is 2.92. The minimum Gasteiger partial charge on any atom is -0.451 e. The highest BCUT2D eigenvalue weighted by molar-refractivity contribution is 6.01. The Bertz CT molecular complexity index is 816. The van der Waals surface area contributed by atoms with Crippen molar-refractivity contribution in [2.45, 2.75) is 40.2 Å². The fraction of sp³-hybridized carbons (Fsp3) is 0.474. The molecule has 144 valence electrons. The van der Waals surface area contributed by atoms with Gasteiger partial charge in [0.1, 0.15) is 11.6 Å². The van der Waals surface area contributed by atoms with Gasteiger partial charge >= 0.3 is 12.0 Å². The Hall–Kier alpha value is -3.08. The molecular weight excluding hydrogens is 348 g/mol. The average molecular weight is 372 g/mol. The van der Waals surface area contributed by atoms with Crippen LogP contribution < -0.4 is 5.32 Å². The molecule has 1 aliphatic rings. The summed E-state index contributed by atoms with van der Waals surface area (Å²) in [6, 6.07) is 3.23. The molecule has 1 aliphatic heterocycles. The second kappa shape index (κ2) is 9.03. The lowest BCUT2D eigenvalue weighted by Crippen LogP contribution is -2.37. The Balaban J connectivity index is 2.07. The molecule has 1 aromatic rings. The number of carbonyl (C=O) groups is 3. The number of nitrogens with zero attached hydrogens (tertiary/aromatic N) is 3. The molecule has 27 heavy (non-hydrogen) atoms. The normalized spacial score (nSPS) is 14.1. The van der Waals surface area contributed by atoms with E-state index in [4.69, 9.17) is 4.74 Å². The fourth-order valence-electron chi connectivity index (χ4n) is 2.92. The smallest absolute Gasteiger partial charge is 0.349 e. The summed E-state index contributed by atoms with van der Waals surface area (Å²) in [4.78, 5) is 36.5. The van der Waals surface area contributed by atoms with Crippen LogP contribution in [0.2, 0.25) is 0 Å². The van der Waals surface area contributed by atoms with E-state index in [-0.39, 0.29) is 12.1 Å². The molecule has 8 nitrogen and oxygen atoms in total. The zero-order valence-corrected chi connectivity index (χ0v) is 15.9. The molecule has 2 rings (SSSR count). The molecule has 0 spiro atoms. The van der Waals surface area contributed by atoms with Gasteiger partial charge < -0.3 is 14.6 Å². The van der Waals surface area contributed by atoms with Crippen LogP contribution >= 0.6 is 0 Å². The summed E-state index contributed by atoms with van der Waals surface area (Å²) in [6.07, 6.45) is 3.58. The number of aromatic nitrogens is 1. The molecule has 0 saturated carbocycles. The van der Waals surface area contributed by atoms with Crippen LogP contribution in [0.1, 0.15) is 36.7 Å². The van der Waals surface area contributed by atoms with E-state index in [1.54, 1.807) is 0 Å². The standard InChI is InChI=1S/C19H24N4O4/c1-4-5-7-22-13(2)9-15(14(22)3)10-16(11-20)18(25)27-12-17(24)23-8-6-21-19(23)26/h9-10H,4-8,12H2,1-3H3,(H,21,26)/b16-10+. The van der Waals surface area contributed by atoms with E-state index in [1.807, 2.05) is 26.0 Å². The predicted molar refractivity (Wildman–Crippen MR) is 98.5 cm³/mol. The van der Waals surface area contributed by atoms with Gasteiger partial charge in [0.05, 0.1) is 0 Å². The van der Waals surface area contributed by atoms with Crippen LogP contribution in [0.4, 0.5) is 4.79 Å². The van der Waals surface area contributed by atoms with Crippen molar-refractivity contribution in [3.63, 3.8) is 0 Å². The molecule has 8 heteroatoms. The number of hydrogen-bond donors (Lipinski definition) is 1. The second-order valence-electron chi connectivity index (χ2n) is 6.35. The lowest BCUT2D eigenvalue weighted by atomic mass is 10.1. The van der Waals surface area contributed by atoms with Gasteiger partial charge in [0, 0.05) is 31.0 Å². The van der Waals surface area contributed by atoms with Crippen LogP contribution in [0.25, 0.3) is 6.08 Å². The Morgan fingerprint density at radius 3 is 2.74 bits per heavy atom. The molecule has 0 aliphatic carbocycles. The van der Waals surface area contributed by atoms with Crippen LogP contribution in [0.3, 0.4) is 0 Å². The monoisotopic (exact) mass is 372 g/mol. The zero-order valence-electron chi connectivity index (χ0n) is 15.9. The van der Waals surface area contributed by atoms with E-state index >= 15 is 0 Å². The Morgan fingerprint density at radius 1 is 1.41 bits per heavy atom. The maximum Gasteiger partial charge on any atom is 0.349 e. The molecule has 0 radical (unpaired) electrons. The molecule has 0 aromatic carbocycles. The summed E-state index contributed by atoms with van der Waals surface area (Å²) in [5.74, 6) is -1.50. The van der Waals surface area contributed by atoms with Crippen LogP contribution in [0.5, 0.6) is 0 Å². The number of unbranched alkanes of at least 4 members (excludes halogenated alkanes) is 1. The van der Waals surface area contributed by atoms with Crippen LogP contribution in [0, 0.1) is 25.2 Å². The number of hydrogen-bond acceptors (Lipinski definition) is 5. The first-order chi connectivity index (χ1) is 12.9. The number of imide groups is 1. The molecular formula is C19H24N4O4. The number of nitriles is 1. The summed E-state index contributed by atoms with van der Waals surface area (Å²) in [6.45, 7) is 6.93. The molecule has 0 unspecified atom stereocenters. The molecule has 3 amide bonds. The lowest BCUT2D eigenvalue weighted by Gasteiger charge is -2.11. The van der Waals surface area contributed by atoms with Crippen molar-refractivity contribution in [3.05, 3.63) is 28.6 Å². The first-order valence-corrected chi connectivity index (χ1v) is 8.92. The van der Waals surface area contributed by atoms with Gasteiger partial charge in [0.2, 0.25) is 0 Å². The van der Waals surface area contributed by atoms with Gasteiger partial charge in [-0.05, 0) is 38.0 Å². The maximum absolute atomic E-state index is 12.2. The topological polar surface area (TPSA) is 104 Å². The van der Waals surface area contributed by atoms with E-state index in [0.717, 1.165) is 41.2 Å². The number of ether oxygens (including phenoxy) is 1. The van der Waals surface area contributed by atoms with Gasteiger partial charge in [-0.25, -0.2) is 9.59 Å². The Kier molecular flexibility index (Phi) is 6.77. The minimum atomic E-state index is -0.885. The Labute approximate surface area is 158 Å². The molecule has 1 fully saturated rings. The van der Waals surface area contributed by atoms with Gasteiger partial charge in [-0.15, -0.1) is 0 Å². The summed E-state index contributed by atoms with van der Waals surface area (Å²) >= 11 is 0. The first kappa shape index (κ1) is 20.2. The number of esters is 1. The predicted octanol–water partition coefficient (Wildman–Crippen LogP) is 1.91. The van der Waals surface area contributed by atoms with E-state index in [2.05, 4.69) is 16.8 Å². The lowest BCUT2D eigenvalue weighted by molar-refractivity contribution is -0.146. The third kappa shape index (κ3) is 4.76. The molecule has 0 bridgehead atoms. The molecule has 0 atom stereocenters. The highest BCUT2D eigenvalue weighted by Crippen LogP contribution is 2.19. The summed E-state index contributed by atoms with van der Waals surface area (Å²) in [7, 11) is 0. The van der Waals surface area contributed by atoms with E-state index in [0.29, 0.717) is 6.54 Å². The highest BCUT2D eigenvalue weighted by atomic mass is 16.5. The van der Waals surface area contributed by atoms with Crippen molar-refractivity contribution < 1.29 is 19.1 Å². The van der Waals surface area contributed by atoms with Crippen molar-refractivity contribution >= 4 is 24.0 Å². The number of carbonyl (C=O) groups excluding carboxylic acids is 3. The van der Waals surface area contributed by atoms with E-state index in [9.17, 15) is 19.6 Å². The van der Waals surface area contributed by atoms with Crippen molar-refractivity contribution in [2.24, 2.45) is 0 Å². The molecule has 1 aromatic heterocycles. The van der Waals surface area contributed by atoms with Gasteiger partial charge in [-0.1, -0.05) is 13.3 Å². The highest BCUT2D eigenvalue weighted by Gasteiger charge is 2.27. The second-order valence-corrected chi connectivity index (χ2v) is 6.35. The van der Waals surface area contributed by atoms with Crippen LogP contribution in [-0.4, -0.2) is 47.1 Å². The third-order valence-electron chi connectivity index (χ3n) is 4.47. The molecule has 1 N–H and O–H groups in total. The largest absolute Gasteiger partial charge is 0.451 e. The maximum atomic E-state index is 12.2. The average Bonchev–Trinajstić information content (AvgIpc) is 3.19. The zero-order chi connectivity index (χ0) is 20.0. The first-order valence-electron chi connectivity index (χ1n) is 8.92. The SMILES string of the molecule is CCCCn1c(C)cc(/C=C(\C#N)C(=O)OCC(=O)N2CCNC2=O)c1C. The Morgan fingerprint density at radius 2 is 2.15 bits per heavy atom. The van der Waals surface area contributed by atoms with Crippen LogP contribution in [0.15, 0.2) is 11.6 Å². The number of rotatable bonds is 7. The van der Waals surface area contributed by atoms with Crippen molar-refractivity contribution in [2.75, 3.05) is 19.7 Å². The van der Waals surface area contributed by atoms with Crippen molar-refractivity contribution in [3.8, 4) is 6.07 Å². The summed E-state index contributed by atoms with van der Waals surface area (Å²) in [5.41, 5.74) is 2.59. The minimum absolute atomic E-state index is 0.190. The summed E-state index contributed by atoms with van der Waals surface area (Å²) in [5, 5.41) is 11.8. The van der Waals surface area contributed by atoms with E-state index < -0.39 is 24.5 Å². The number of amides is 3.